The first kappa shape index (κ1) is 13.7. The fraction of sp³-hybridized carbons (Fsp3) is 0.308. The number of terminal acetylenes is 1. The Morgan fingerprint density at radius 3 is 2.72 bits per heavy atom. The summed E-state index contributed by atoms with van der Waals surface area (Å²) in [4.78, 5) is 28.6. The molecule has 1 heterocycles. The molecule has 0 saturated carbocycles. The molecule has 1 aromatic rings. The summed E-state index contributed by atoms with van der Waals surface area (Å²) in [6, 6.07) is 0.932. The number of hydrogen-bond donors (Lipinski definition) is 1. The number of pyridine rings is 1. The Morgan fingerprint density at radius 2 is 2.22 bits per heavy atom. The number of aromatic nitrogens is 1. The highest BCUT2D eigenvalue weighted by atomic mass is 16.2. The molecule has 0 aliphatic carbocycles. The zero-order valence-corrected chi connectivity index (χ0v) is 10.4. The Morgan fingerprint density at radius 1 is 1.56 bits per heavy atom. The first-order valence-electron chi connectivity index (χ1n) is 5.42. The lowest BCUT2D eigenvalue weighted by Gasteiger charge is -2.25. The SMILES string of the molecule is C#CCN(C(=O)c1cncc(C)c1)[C@@H](C)C(N)=O. The lowest BCUT2D eigenvalue weighted by Crippen LogP contribution is -2.46. The first-order valence-corrected chi connectivity index (χ1v) is 5.42. The number of nitrogens with two attached hydrogens (primary N) is 1. The van der Waals surface area contributed by atoms with Crippen molar-refractivity contribution in [2.24, 2.45) is 5.73 Å². The second-order valence-electron chi connectivity index (χ2n) is 3.97. The van der Waals surface area contributed by atoms with E-state index in [2.05, 4.69) is 10.9 Å². The van der Waals surface area contributed by atoms with E-state index in [0.717, 1.165) is 5.56 Å². The zero-order chi connectivity index (χ0) is 13.7. The molecule has 0 radical (unpaired) electrons. The molecule has 0 aromatic carbocycles. The molecular weight excluding hydrogens is 230 g/mol. The Balaban J connectivity index is 3.04. The molecule has 0 fully saturated rings. The van der Waals surface area contributed by atoms with E-state index >= 15 is 0 Å². The summed E-state index contributed by atoms with van der Waals surface area (Å²) in [5.41, 5.74) is 6.44. The number of carbonyl (C=O) groups excluding carboxylic acids is 2. The molecule has 0 spiro atoms. The zero-order valence-electron chi connectivity index (χ0n) is 10.4. The maximum absolute atomic E-state index is 12.2. The van der Waals surface area contributed by atoms with Gasteiger partial charge >= 0.3 is 0 Å². The van der Waals surface area contributed by atoms with Gasteiger partial charge in [-0.05, 0) is 25.5 Å². The van der Waals surface area contributed by atoms with Gasteiger partial charge in [0.25, 0.3) is 5.91 Å². The molecule has 0 unspecified atom stereocenters. The highest BCUT2D eigenvalue weighted by Crippen LogP contribution is 2.09. The molecule has 18 heavy (non-hydrogen) atoms. The standard InChI is InChI=1S/C13H15N3O2/c1-4-5-16(10(3)12(14)17)13(18)11-6-9(2)7-15-8-11/h1,6-8,10H,5H2,2-3H3,(H2,14,17)/t10-/m0/s1. The number of hydrogen-bond acceptors (Lipinski definition) is 3. The van der Waals surface area contributed by atoms with E-state index in [0.29, 0.717) is 5.56 Å². The van der Waals surface area contributed by atoms with Gasteiger partial charge in [0, 0.05) is 12.4 Å². The van der Waals surface area contributed by atoms with Crippen molar-refractivity contribution in [3.05, 3.63) is 29.6 Å². The van der Waals surface area contributed by atoms with E-state index in [4.69, 9.17) is 12.2 Å². The highest BCUT2D eigenvalue weighted by molar-refractivity contribution is 5.97. The minimum absolute atomic E-state index is 0.0247. The third-order valence-corrected chi connectivity index (χ3v) is 2.52. The van der Waals surface area contributed by atoms with Crippen LogP contribution in [-0.2, 0) is 4.79 Å². The number of rotatable bonds is 4. The van der Waals surface area contributed by atoms with Crippen LogP contribution in [0, 0.1) is 19.3 Å². The molecule has 1 atom stereocenters. The van der Waals surface area contributed by atoms with Crippen LogP contribution >= 0.6 is 0 Å². The number of primary amides is 1. The minimum atomic E-state index is -0.755. The normalized spacial score (nSPS) is 11.4. The van der Waals surface area contributed by atoms with Gasteiger partial charge in [-0.25, -0.2) is 0 Å². The van der Waals surface area contributed by atoms with E-state index in [1.165, 1.54) is 11.1 Å². The van der Waals surface area contributed by atoms with Gasteiger partial charge in [0.2, 0.25) is 5.91 Å². The van der Waals surface area contributed by atoms with Crippen LogP contribution in [0.1, 0.15) is 22.8 Å². The van der Waals surface area contributed by atoms with E-state index in [9.17, 15) is 9.59 Å². The topological polar surface area (TPSA) is 76.3 Å². The fourth-order valence-electron chi connectivity index (χ4n) is 1.47. The molecule has 0 aliphatic rings. The molecule has 5 heteroatoms. The van der Waals surface area contributed by atoms with Crippen LogP contribution in [0.5, 0.6) is 0 Å². The maximum atomic E-state index is 12.2. The molecule has 1 rings (SSSR count). The Hall–Kier alpha value is -2.35. The third-order valence-electron chi connectivity index (χ3n) is 2.52. The van der Waals surface area contributed by atoms with Crippen molar-refractivity contribution in [1.82, 2.24) is 9.88 Å². The van der Waals surface area contributed by atoms with Crippen LogP contribution in [0.3, 0.4) is 0 Å². The average molecular weight is 245 g/mol. The van der Waals surface area contributed by atoms with Gasteiger partial charge in [0.05, 0.1) is 12.1 Å². The van der Waals surface area contributed by atoms with Crippen LogP contribution in [-0.4, -0.2) is 34.3 Å². The fourth-order valence-corrected chi connectivity index (χ4v) is 1.47. The average Bonchev–Trinajstić information content (AvgIpc) is 2.34. The molecule has 1 aromatic heterocycles. The third kappa shape index (κ3) is 3.08. The maximum Gasteiger partial charge on any atom is 0.256 e. The van der Waals surface area contributed by atoms with Crippen molar-refractivity contribution in [1.29, 1.82) is 0 Å². The molecule has 2 N–H and O–H groups in total. The van der Waals surface area contributed by atoms with Crippen LogP contribution in [0.15, 0.2) is 18.5 Å². The molecule has 0 aliphatic heterocycles. The van der Waals surface area contributed by atoms with E-state index in [1.54, 1.807) is 19.2 Å². The predicted molar refractivity (Wildman–Crippen MR) is 67.5 cm³/mol. The van der Waals surface area contributed by atoms with Gasteiger partial charge in [-0.3, -0.25) is 14.6 Å². The van der Waals surface area contributed by atoms with E-state index < -0.39 is 11.9 Å². The Labute approximate surface area is 106 Å². The van der Waals surface area contributed by atoms with Crippen LogP contribution < -0.4 is 5.73 Å². The molecule has 94 valence electrons. The molecule has 0 saturated heterocycles. The molecule has 0 bridgehead atoms. The van der Waals surface area contributed by atoms with Crippen molar-refractivity contribution in [2.45, 2.75) is 19.9 Å². The summed E-state index contributed by atoms with van der Waals surface area (Å²) in [5.74, 6) is 1.40. The summed E-state index contributed by atoms with van der Waals surface area (Å²) in [5, 5.41) is 0. The lowest BCUT2D eigenvalue weighted by atomic mass is 10.1. The van der Waals surface area contributed by atoms with Crippen molar-refractivity contribution >= 4 is 11.8 Å². The largest absolute Gasteiger partial charge is 0.368 e. The van der Waals surface area contributed by atoms with E-state index in [1.807, 2.05) is 6.92 Å². The first-order chi connectivity index (χ1) is 8.47. The van der Waals surface area contributed by atoms with Gasteiger partial charge in [-0.1, -0.05) is 5.92 Å². The second-order valence-corrected chi connectivity index (χ2v) is 3.97. The van der Waals surface area contributed by atoms with Crippen LogP contribution in [0.4, 0.5) is 0 Å². The van der Waals surface area contributed by atoms with E-state index in [-0.39, 0.29) is 12.5 Å². The quantitative estimate of drug-likeness (QED) is 0.777. The van der Waals surface area contributed by atoms with Gasteiger partial charge in [0.15, 0.2) is 0 Å². The van der Waals surface area contributed by atoms with Gasteiger partial charge < -0.3 is 10.6 Å². The summed E-state index contributed by atoms with van der Waals surface area (Å²) in [6.45, 7) is 3.39. The van der Waals surface area contributed by atoms with Crippen molar-refractivity contribution in [2.75, 3.05) is 6.54 Å². The smallest absolute Gasteiger partial charge is 0.256 e. The summed E-state index contributed by atoms with van der Waals surface area (Å²) in [6.07, 6.45) is 8.28. The second kappa shape index (κ2) is 5.82. The van der Waals surface area contributed by atoms with Crippen LogP contribution in [0.2, 0.25) is 0 Å². The number of nitrogens with zero attached hydrogens (tertiary/aromatic N) is 2. The number of carbonyl (C=O) groups is 2. The van der Waals surface area contributed by atoms with Crippen molar-refractivity contribution in [3.63, 3.8) is 0 Å². The summed E-state index contributed by atoms with van der Waals surface area (Å²) >= 11 is 0. The van der Waals surface area contributed by atoms with Gasteiger partial charge in [-0.2, -0.15) is 0 Å². The number of amides is 2. The Bertz CT molecular complexity index is 505. The minimum Gasteiger partial charge on any atom is -0.368 e. The summed E-state index contributed by atoms with van der Waals surface area (Å²) < 4.78 is 0. The molecule has 5 nitrogen and oxygen atoms in total. The van der Waals surface area contributed by atoms with Crippen LogP contribution in [0.25, 0.3) is 0 Å². The van der Waals surface area contributed by atoms with Crippen molar-refractivity contribution < 1.29 is 9.59 Å². The van der Waals surface area contributed by atoms with Crippen molar-refractivity contribution in [3.8, 4) is 12.3 Å². The summed E-state index contributed by atoms with van der Waals surface area (Å²) in [7, 11) is 0. The molecule has 2 amide bonds. The predicted octanol–water partition coefficient (Wildman–Crippen LogP) is 0.339. The van der Waals surface area contributed by atoms with Gasteiger partial charge in [0.1, 0.15) is 6.04 Å². The monoisotopic (exact) mass is 245 g/mol. The number of aryl methyl sites for hydroxylation is 1. The highest BCUT2D eigenvalue weighted by Gasteiger charge is 2.24. The lowest BCUT2D eigenvalue weighted by molar-refractivity contribution is -0.121. The molecular formula is C13H15N3O2. The Kier molecular flexibility index (Phi) is 4.44. The van der Waals surface area contributed by atoms with Gasteiger partial charge in [-0.15, -0.1) is 6.42 Å².